The second kappa shape index (κ2) is 4.82. The van der Waals surface area contributed by atoms with Crippen LogP contribution in [-0.2, 0) is 0 Å². The van der Waals surface area contributed by atoms with Gasteiger partial charge in [0.05, 0.1) is 5.69 Å². The standard InChI is InChI=1S/C13H16N2OS2/c1-8-10(11(16)15-13(2,3)4)18-12(14-8)9-5-6-17-7-9/h5-7H,1-4H3,(H,15,16). The van der Waals surface area contributed by atoms with E-state index in [0.717, 1.165) is 16.3 Å². The van der Waals surface area contributed by atoms with Gasteiger partial charge in [0.15, 0.2) is 0 Å². The zero-order chi connectivity index (χ0) is 13.3. The summed E-state index contributed by atoms with van der Waals surface area (Å²) in [5.74, 6) is -0.0426. The minimum Gasteiger partial charge on any atom is -0.347 e. The highest BCUT2D eigenvalue weighted by Gasteiger charge is 2.20. The molecule has 0 bridgehead atoms. The van der Waals surface area contributed by atoms with E-state index in [1.807, 2.05) is 44.5 Å². The Labute approximate surface area is 115 Å². The fourth-order valence-electron chi connectivity index (χ4n) is 1.51. The largest absolute Gasteiger partial charge is 0.347 e. The van der Waals surface area contributed by atoms with Crippen molar-refractivity contribution in [3.63, 3.8) is 0 Å². The van der Waals surface area contributed by atoms with Crippen LogP contribution in [0, 0.1) is 6.92 Å². The molecule has 2 aromatic rings. The first kappa shape index (κ1) is 13.2. The molecule has 2 heterocycles. The van der Waals surface area contributed by atoms with Gasteiger partial charge in [0, 0.05) is 16.5 Å². The van der Waals surface area contributed by atoms with Crippen molar-refractivity contribution in [1.82, 2.24) is 10.3 Å². The highest BCUT2D eigenvalue weighted by atomic mass is 32.1. The van der Waals surface area contributed by atoms with Crippen LogP contribution in [0.2, 0.25) is 0 Å². The van der Waals surface area contributed by atoms with E-state index in [-0.39, 0.29) is 11.4 Å². The number of carbonyl (C=O) groups excluding carboxylic acids is 1. The molecule has 1 N–H and O–H groups in total. The van der Waals surface area contributed by atoms with Crippen molar-refractivity contribution in [3.05, 3.63) is 27.4 Å². The fourth-order valence-corrected chi connectivity index (χ4v) is 3.19. The number of hydrogen-bond donors (Lipinski definition) is 1. The number of rotatable bonds is 2. The van der Waals surface area contributed by atoms with Crippen molar-refractivity contribution in [3.8, 4) is 10.6 Å². The van der Waals surface area contributed by atoms with Gasteiger partial charge in [-0.2, -0.15) is 11.3 Å². The number of aromatic nitrogens is 1. The second-order valence-electron chi connectivity index (χ2n) is 5.15. The fraction of sp³-hybridized carbons (Fsp3) is 0.385. The van der Waals surface area contributed by atoms with Crippen molar-refractivity contribution in [2.75, 3.05) is 0 Å². The van der Waals surface area contributed by atoms with Crippen molar-refractivity contribution >= 4 is 28.6 Å². The molecule has 0 unspecified atom stereocenters. The average molecular weight is 280 g/mol. The van der Waals surface area contributed by atoms with Crippen LogP contribution < -0.4 is 5.32 Å². The van der Waals surface area contributed by atoms with E-state index < -0.39 is 0 Å². The predicted octanol–water partition coefficient (Wildman–Crippen LogP) is 3.71. The molecule has 0 spiro atoms. The van der Waals surface area contributed by atoms with Gasteiger partial charge in [-0.15, -0.1) is 11.3 Å². The van der Waals surface area contributed by atoms with E-state index in [9.17, 15) is 4.79 Å². The van der Waals surface area contributed by atoms with Crippen LogP contribution in [0.4, 0.5) is 0 Å². The summed E-state index contributed by atoms with van der Waals surface area (Å²) in [6.07, 6.45) is 0. The van der Waals surface area contributed by atoms with Crippen LogP contribution >= 0.6 is 22.7 Å². The summed E-state index contributed by atoms with van der Waals surface area (Å²) in [6.45, 7) is 7.80. The van der Waals surface area contributed by atoms with Gasteiger partial charge in [-0.25, -0.2) is 4.98 Å². The monoisotopic (exact) mass is 280 g/mol. The molecule has 3 nitrogen and oxygen atoms in total. The summed E-state index contributed by atoms with van der Waals surface area (Å²) in [5, 5.41) is 7.94. The van der Waals surface area contributed by atoms with Crippen molar-refractivity contribution in [2.45, 2.75) is 33.2 Å². The molecule has 0 aliphatic rings. The molecule has 18 heavy (non-hydrogen) atoms. The Balaban J connectivity index is 2.27. The quantitative estimate of drug-likeness (QED) is 0.911. The average Bonchev–Trinajstić information content (AvgIpc) is 2.82. The van der Waals surface area contributed by atoms with Crippen LogP contribution in [0.5, 0.6) is 0 Å². The molecule has 2 rings (SSSR count). The number of carbonyl (C=O) groups is 1. The van der Waals surface area contributed by atoms with E-state index in [4.69, 9.17) is 0 Å². The van der Waals surface area contributed by atoms with Crippen molar-refractivity contribution in [2.24, 2.45) is 0 Å². The van der Waals surface area contributed by atoms with Gasteiger partial charge < -0.3 is 5.32 Å². The maximum absolute atomic E-state index is 12.1. The summed E-state index contributed by atoms with van der Waals surface area (Å²) in [7, 11) is 0. The summed E-state index contributed by atoms with van der Waals surface area (Å²) in [5.41, 5.74) is 1.65. The minimum atomic E-state index is -0.226. The number of amides is 1. The number of thiazole rings is 1. The zero-order valence-electron chi connectivity index (χ0n) is 10.9. The molecule has 0 aliphatic heterocycles. The van der Waals surface area contributed by atoms with Crippen LogP contribution in [0.15, 0.2) is 16.8 Å². The highest BCUT2D eigenvalue weighted by molar-refractivity contribution is 7.17. The molecule has 0 saturated carbocycles. The maximum atomic E-state index is 12.1. The first-order valence-electron chi connectivity index (χ1n) is 5.69. The van der Waals surface area contributed by atoms with Crippen LogP contribution in [0.1, 0.15) is 36.1 Å². The molecule has 0 saturated heterocycles. The van der Waals surface area contributed by atoms with Crippen molar-refractivity contribution in [1.29, 1.82) is 0 Å². The Morgan fingerprint density at radius 2 is 2.11 bits per heavy atom. The van der Waals surface area contributed by atoms with Gasteiger partial charge >= 0.3 is 0 Å². The van der Waals surface area contributed by atoms with E-state index in [1.54, 1.807) is 11.3 Å². The number of thiophene rings is 1. The van der Waals surface area contributed by atoms with Crippen molar-refractivity contribution < 1.29 is 4.79 Å². The Morgan fingerprint density at radius 1 is 1.39 bits per heavy atom. The van der Waals surface area contributed by atoms with E-state index in [1.165, 1.54) is 11.3 Å². The Kier molecular flexibility index (Phi) is 3.54. The number of nitrogens with one attached hydrogen (secondary N) is 1. The second-order valence-corrected chi connectivity index (χ2v) is 6.93. The molecule has 5 heteroatoms. The molecular weight excluding hydrogens is 264 g/mol. The molecule has 0 radical (unpaired) electrons. The van der Waals surface area contributed by atoms with Gasteiger partial charge in [0.25, 0.3) is 5.91 Å². The maximum Gasteiger partial charge on any atom is 0.263 e. The Bertz CT molecular complexity index is 550. The summed E-state index contributed by atoms with van der Waals surface area (Å²) in [6, 6.07) is 2.02. The lowest BCUT2D eigenvalue weighted by atomic mass is 10.1. The zero-order valence-corrected chi connectivity index (χ0v) is 12.5. The molecule has 0 aliphatic carbocycles. The van der Waals surface area contributed by atoms with Crippen LogP contribution in [0.25, 0.3) is 10.6 Å². The van der Waals surface area contributed by atoms with E-state index in [0.29, 0.717) is 4.88 Å². The minimum absolute atomic E-state index is 0.0426. The molecule has 0 aromatic carbocycles. The van der Waals surface area contributed by atoms with Gasteiger partial charge in [-0.05, 0) is 39.1 Å². The van der Waals surface area contributed by atoms with E-state index >= 15 is 0 Å². The van der Waals surface area contributed by atoms with Gasteiger partial charge in [-0.1, -0.05) is 0 Å². The van der Waals surface area contributed by atoms with Gasteiger partial charge in [0.1, 0.15) is 9.88 Å². The SMILES string of the molecule is Cc1nc(-c2ccsc2)sc1C(=O)NC(C)(C)C. The molecule has 0 fully saturated rings. The Hall–Kier alpha value is -1.20. The lowest BCUT2D eigenvalue weighted by Gasteiger charge is -2.19. The third kappa shape index (κ3) is 2.97. The molecule has 2 aromatic heterocycles. The first-order chi connectivity index (χ1) is 8.37. The third-order valence-corrected chi connectivity index (χ3v) is 4.15. The van der Waals surface area contributed by atoms with Gasteiger partial charge in [0.2, 0.25) is 0 Å². The third-order valence-electron chi connectivity index (χ3n) is 2.26. The molecule has 1 amide bonds. The normalized spacial score (nSPS) is 11.6. The lowest BCUT2D eigenvalue weighted by Crippen LogP contribution is -2.40. The smallest absolute Gasteiger partial charge is 0.263 e. The molecule has 96 valence electrons. The highest BCUT2D eigenvalue weighted by Crippen LogP contribution is 2.29. The summed E-state index contributed by atoms with van der Waals surface area (Å²) in [4.78, 5) is 17.3. The molecular formula is C13H16N2OS2. The number of nitrogens with zero attached hydrogens (tertiary/aromatic N) is 1. The van der Waals surface area contributed by atoms with Crippen LogP contribution in [-0.4, -0.2) is 16.4 Å². The first-order valence-corrected chi connectivity index (χ1v) is 7.45. The topological polar surface area (TPSA) is 42.0 Å². The summed E-state index contributed by atoms with van der Waals surface area (Å²) >= 11 is 3.08. The number of hydrogen-bond acceptors (Lipinski definition) is 4. The van der Waals surface area contributed by atoms with E-state index in [2.05, 4.69) is 10.3 Å². The lowest BCUT2D eigenvalue weighted by molar-refractivity contribution is 0.0923. The number of aryl methyl sites for hydroxylation is 1. The van der Waals surface area contributed by atoms with Crippen LogP contribution in [0.3, 0.4) is 0 Å². The summed E-state index contributed by atoms with van der Waals surface area (Å²) < 4.78 is 0. The predicted molar refractivity (Wildman–Crippen MR) is 77.4 cm³/mol. The Morgan fingerprint density at radius 3 is 2.67 bits per heavy atom. The van der Waals surface area contributed by atoms with Gasteiger partial charge in [-0.3, -0.25) is 4.79 Å². The molecule has 0 atom stereocenters.